The van der Waals surface area contributed by atoms with Gasteiger partial charge in [-0.1, -0.05) is 36.1 Å². The lowest BCUT2D eigenvalue weighted by Crippen LogP contribution is -2.46. The molecule has 0 aliphatic carbocycles. The first-order chi connectivity index (χ1) is 10.5. The van der Waals surface area contributed by atoms with E-state index < -0.39 is 0 Å². The molecule has 1 aliphatic rings. The average molecular weight is 338 g/mol. The van der Waals surface area contributed by atoms with Crippen LogP contribution in [-0.2, 0) is 4.79 Å². The molecule has 1 aliphatic heterocycles. The summed E-state index contributed by atoms with van der Waals surface area (Å²) < 4.78 is 0.823. The maximum Gasteiger partial charge on any atom is 0.234 e. The number of thioether (sulfide) groups is 1. The highest BCUT2D eigenvalue weighted by Gasteiger charge is 2.17. The summed E-state index contributed by atoms with van der Waals surface area (Å²) in [5, 5.41) is 2.97. The van der Waals surface area contributed by atoms with Crippen LogP contribution in [0.4, 0.5) is 5.69 Å². The minimum atomic E-state index is -0.00447. The number of nitrogens with one attached hydrogen (secondary N) is 1. The summed E-state index contributed by atoms with van der Waals surface area (Å²) >= 11 is 6.88. The Morgan fingerprint density at radius 3 is 2.64 bits per heavy atom. The maximum absolute atomic E-state index is 12.1. The SMILES string of the molecule is Cc1ccc(C)c(NC(=O)CSC(=S)N2CCN(C)CC2)c1. The lowest BCUT2D eigenvalue weighted by molar-refractivity contribution is -0.113. The van der Waals surface area contributed by atoms with E-state index in [1.165, 1.54) is 11.8 Å². The molecule has 0 bridgehead atoms. The Labute approximate surface area is 142 Å². The minimum absolute atomic E-state index is 0.00447. The number of amides is 1. The van der Waals surface area contributed by atoms with Gasteiger partial charge in [0.15, 0.2) is 0 Å². The van der Waals surface area contributed by atoms with Crippen LogP contribution in [0.1, 0.15) is 11.1 Å². The van der Waals surface area contributed by atoms with E-state index >= 15 is 0 Å². The van der Waals surface area contributed by atoms with Crippen molar-refractivity contribution >= 4 is 39.9 Å². The molecule has 1 fully saturated rings. The maximum atomic E-state index is 12.1. The number of nitrogens with zero attached hydrogens (tertiary/aromatic N) is 2. The van der Waals surface area contributed by atoms with Crippen LogP contribution in [0.15, 0.2) is 18.2 Å². The molecular formula is C16H23N3OS2. The highest BCUT2D eigenvalue weighted by molar-refractivity contribution is 8.23. The molecule has 0 radical (unpaired) electrons. The zero-order chi connectivity index (χ0) is 16.1. The number of carbonyl (C=O) groups is 1. The van der Waals surface area contributed by atoms with Gasteiger partial charge in [-0.05, 0) is 38.1 Å². The third kappa shape index (κ3) is 4.97. The predicted octanol–water partition coefficient (Wildman–Crippen LogP) is 2.51. The summed E-state index contributed by atoms with van der Waals surface area (Å²) in [6.07, 6.45) is 0. The molecule has 0 atom stereocenters. The normalized spacial score (nSPS) is 15.7. The Morgan fingerprint density at radius 1 is 1.27 bits per heavy atom. The highest BCUT2D eigenvalue weighted by Crippen LogP contribution is 2.17. The van der Waals surface area contributed by atoms with Gasteiger partial charge >= 0.3 is 0 Å². The molecule has 22 heavy (non-hydrogen) atoms. The van der Waals surface area contributed by atoms with Crippen molar-refractivity contribution in [1.29, 1.82) is 0 Å². The van der Waals surface area contributed by atoms with E-state index in [4.69, 9.17) is 12.2 Å². The van der Waals surface area contributed by atoms with Crippen LogP contribution in [0.25, 0.3) is 0 Å². The van der Waals surface area contributed by atoms with Crippen molar-refractivity contribution < 1.29 is 4.79 Å². The van der Waals surface area contributed by atoms with E-state index in [0.717, 1.165) is 47.3 Å². The van der Waals surface area contributed by atoms with E-state index in [1.807, 2.05) is 32.0 Å². The number of hydrogen-bond donors (Lipinski definition) is 1. The molecule has 0 spiro atoms. The monoisotopic (exact) mass is 337 g/mol. The fourth-order valence-electron chi connectivity index (χ4n) is 2.26. The Hall–Kier alpha value is -1.11. The summed E-state index contributed by atoms with van der Waals surface area (Å²) in [7, 11) is 2.12. The molecule has 0 unspecified atom stereocenters. The molecular weight excluding hydrogens is 314 g/mol. The van der Waals surface area contributed by atoms with Gasteiger partial charge in [0.25, 0.3) is 0 Å². The Bertz CT molecular complexity index is 554. The summed E-state index contributed by atoms with van der Waals surface area (Å²) in [6.45, 7) is 7.95. The van der Waals surface area contributed by atoms with Gasteiger partial charge in [0, 0.05) is 31.9 Å². The number of hydrogen-bond acceptors (Lipinski definition) is 4. The van der Waals surface area contributed by atoms with E-state index in [0.29, 0.717) is 5.75 Å². The van der Waals surface area contributed by atoms with E-state index in [9.17, 15) is 4.79 Å². The van der Waals surface area contributed by atoms with Crippen LogP contribution >= 0.6 is 24.0 Å². The van der Waals surface area contributed by atoms with Crippen molar-refractivity contribution in [3.8, 4) is 0 Å². The molecule has 6 heteroatoms. The summed E-state index contributed by atoms with van der Waals surface area (Å²) in [5.74, 6) is 0.355. The first-order valence-electron chi connectivity index (χ1n) is 7.43. The van der Waals surface area contributed by atoms with Crippen molar-refractivity contribution in [2.45, 2.75) is 13.8 Å². The standard InChI is InChI=1S/C16H23N3OS2/c1-12-4-5-13(2)14(10-12)17-15(20)11-22-16(21)19-8-6-18(3)7-9-19/h4-5,10H,6-9,11H2,1-3H3,(H,17,20). The summed E-state index contributed by atoms with van der Waals surface area (Å²) in [6, 6.07) is 6.06. The first kappa shape index (κ1) is 17.2. The smallest absolute Gasteiger partial charge is 0.234 e. The molecule has 120 valence electrons. The number of piperazine rings is 1. The van der Waals surface area contributed by atoms with Crippen molar-refractivity contribution in [3.63, 3.8) is 0 Å². The van der Waals surface area contributed by atoms with Gasteiger partial charge in [0.1, 0.15) is 4.32 Å². The van der Waals surface area contributed by atoms with Crippen LogP contribution < -0.4 is 5.32 Å². The topological polar surface area (TPSA) is 35.6 Å². The zero-order valence-electron chi connectivity index (χ0n) is 13.4. The quantitative estimate of drug-likeness (QED) is 0.858. The third-order valence-corrected chi connectivity index (χ3v) is 5.28. The number of carbonyl (C=O) groups excluding carboxylic acids is 1. The van der Waals surface area contributed by atoms with E-state index in [2.05, 4.69) is 22.2 Å². The fourth-order valence-corrected chi connectivity index (χ4v) is 3.32. The Balaban J connectivity index is 1.80. The Morgan fingerprint density at radius 2 is 1.95 bits per heavy atom. The van der Waals surface area contributed by atoms with Gasteiger partial charge in [0.05, 0.1) is 5.75 Å². The van der Waals surface area contributed by atoms with Gasteiger partial charge in [-0.15, -0.1) is 0 Å². The van der Waals surface area contributed by atoms with Crippen molar-refractivity contribution in [3.05, 3.63) is 29.3 Å². The Kier molecular flexibility index (Phi) is 6.23. The molecule has 1 N–H and O–H groups in total. The number of thiocarbonyl (C=S) groups is 1. The number of benzene rings is 1. The minimum Gasteiger partial charge on any atom is -0.355 e. The summed E-state index contributed by atoms with van der Waals surface area (Å²) in [4.78, 5) is 16.6. The highest BCUT2D eigenvalue weighted by atomic mass is 32.2. The van der Waals surface area contributed by atoms with Crippen molar-refractivity contribution in [2.24, 2.45) is 0 Å². The second kappa shape index (κ2) is 7.94. The predicted molar refractivity (Wildman–Crippen MR) is 98.7 cm³/mol. The van der Waals surface area contributed by atoms with Gasteiger partial charge in [-0.2, -0.15) is 0 Å². The molecule has 1 aromatic rings. The number of anilines is 1. The van der Waals surface area contributed by atoms with Gasteiger partial charge in [-0.25, -0.2) is 0 Å². The van der Waals surface area contributed by atoms with Gasteiger partial charge < -0.3 is 15.1 Å². The third-order valence-electron chi connectivity index (χ3n) is 3.76. The second-order valence-corrected chi connectivity index (χ2v) is 7.32. The lowest BCUT2D eigenvalue weighted by atomic mass is 10.1. The van der Waals surface area contributed by atoms with Crippen LogP contribution in [0, 0.1) is 13.8 Å². The molecule has 4 nitrogen and oxygen atoms in total. The fraction of sp³-hybridized carbons (Fsp3) is 0.500. The second-order valence-electron chi connectivity index (χ2n) is 5.71. The first-order valence-corrected chi connectivity index (χ1v) is 8.82. The zero-order valence-corrected chi connectivity index (χ0v) is 15.0. The van der Waals surface area contributed by atoms with Crippen LogP contribution in [-0.4, -0.2) is 59.0 Å². The van der Waals surface area contributed by atoms with Crippen LogP contribution in [0.3, 0.4) is 0 Å². The lowest BCUT2D eigenvalue weighted by Gasteiger charge is -2.33. The molecule has 1 heterocycles. The molecule has 0 aromatic heterocycles. The summed E-state index contributed by atoms with van der Waals surface area (Å²) in [5.41, 5.74) is 3.10. The number of likely N-dealkylation sites (N-methyl/N-ethyl adjacent to an activating group) is 1. The van der Waals surface area contributed by atoms with Crippen molar-refractivity contribution in [2.75, 3.05) is 44.3 Å². The molecule has 1 saturated heterocycles. The molecule has 1 aromatic carbocycles. The number of rotatable bonds is 3. The van der Waals surface area contributed by atoms with Gasteiger partial charge in [-0.3, -0.25) is 4.79 Å². The van der Waals surface area contributed by atoms with E-state index in [1.54, 1.807) is 0 Å². The van der Waals surface area contributed by atoms with Crippen LogP contribution in [0.2, 0.25) is 0 Å². The van der Waals surface area contributed by atoms with E-state index in [-0.39, 0.29) is 5.91 Å². The van der Waals surface area contributed by atoms with Crippen molar-refractivity contribution in [1.82, 2.24) is 9.80 Å². The van der Waals surface area contributed by atoms with Crippen LogP contribution in [0.5, 0.6) is 0 Å². The molecule has 0 saturated carbocycles. The molecule has 1 amide bonds. The molecule has 2 rings (SSSR count). The number of aryl methyl sites for hydroxylation is 2. The largest absolute Gasteiger partial charge is 0.355 e. The average Bonchev–Trinajstić information content (AvgIpc) is 2.49. The van der Waals surface area contributed by atoms with Gasteiger partial charge in [0.2, 0.25) is 5.91 Å².